The molecule has 0 saturated carbocycles. The highest BCUT2D eigenvalue weighted by atomic mass is 16.4. The number of carbonyl (C=O) groups excluding carboxylic acids is 1. The number of nitrogens with zero attached hydrogens (tertiary/aromatic N) is 1. The third kappa shape index (κ3) is 2.82. The average Bonchev–Trinajstić information content (AvgIpc) is 2.78. The van der Waals surface area contributed by atoms with Crippen molar-refractivity contribution < 1.29 is 19.8 Å². The number of aromatic hydroxyl groups is 1. The number of phenolic OH excluding ortho intramolecular Hbond substituents is 1. The molecule has 1 unspecified atom stereocenters. The molecule has 1 heterocycles. The van der Waals surface area contributed by atoms with Gasteiger partial charge in [-0.1, -0.05) is 0 Å². The van der Waals surface area contributed by atoms with Gasteiger partial charge in [-0.3, -0.25) is 9.79 Å². The molecule has 0 bridgehead atoms. The Hall–Kier alpha value is -2.57. The van der Waals surface area contributed by atoms with Gasteiger partial charge in [-0.25, -0.2) is 4.79 Å². The third-order valence-corrected chi connectivity index (χ3v) is 2.60. The molecule has 1 aliphatic heterocycles. The summed E-state index contributed by atoms with van der Waals surface area (Å²) in [5, 5.41) is 23.6. The Morgan fingerprint density at radius 3 is 2.79 bits per heavy atom. The number of nitrogens with one attached hydrogen (secondary N) is 2. The van der Waals surface area contributed by atoms with Gasteiger partial charge in [0, 0.05) is 6.04 Å². The largest absolute Gasteiger partial charge is 0.508 e. The van der Waals surface area contributed by atoms with Crippen LogP contribution in [-0.2, 0) is 4.79 Å². The van der Waals surface area contributed by atoms with Crippen molar-refractivity contribution in [2.75, 3.05) is 11.9 Å². The van der Waals surface area contributed by atoms with E-state index in [1.807, 2.05) is 6.92 Å². The molecule has 0 aliphatic carbocycles. The van der Waals surface area contributed by atoms with Gasteiger partial charge in [0.05, 0.1) is 17.8 Å². The molecule has 7 nitrogen and oxygen atoms in total. The maximum Gasteiger partial charge on any atom is 0.337 e. The van der Waals surface area contributed by atoms with Crippen molar-refractivity contribution in [2.24, 2.45) is 4.99 Å². The van der Waals surface area contributed by atoms with E-state index in [-0.39, 0.29) is 28.9 Å². The van der Waals surface area contributed by atoms with Gasteiger partial charge in [0.2, 0.25) is 0 Å². The molecule has 0 aromatic heterocycles. The summed E-state index contributed by atoms with van der Waals surface area (Å²) in [6, 6.07) is 3.79. The zero-order chi connectivity index (χ0) is 14.0. The van der Waals surface area contributed by atoms with Gasteiger partial charge in [0.15, 0.2) is 5.84 Å². The number of amidine groups is 1. The Balaban J connectivity index is 2.19. The minimum Gasteiger partial charge on any atom is -0.508 e. The molecule has 0 spiro atoms. The van der Waals surface area contributed by atoms with Crippen LogP contribution < -0.4 is 10.6 Å². The van der Waals surface area contributed by atoms with Crippen LogP contribution in [0.5, 0.6) is 5.75 Å². The zero-order valence-corrected chi connectivity index (χ0v) is 10.2. The molecule has 100 valence electrons. The van der Waals surface area contributed by atoms with Gasteiger partial charge in [-0.15, -0.1) is 0 Å². The molecule has 2 rings (SSSR count). The number of benzene rings is 1. The van der Waals surface area contributed by atoms with Crippen molar-refractivity contribution in [1.82, 2.24) is 5.32 Å². The number of hydrogen-bond donors (Lipinski definition) is 4. The zero-order valence-electron chi connectivity index (χ0n) is 10.2. The molecule has 0 radical (unpaired) electrons. The number of phenols is 1. The van der Waals surface area contributed by atoms with Gasteiger partial charge in [0.1, 0.15) is 5.75 Å². The normalized spacial score (nSPS) is 17.5. The number of aliphatic imine (C=N–C) groups is 1. The fourth-order valence-electron chi connectivity index (χ4n) is 1.69. The molecule has 1 aliphatic rings. The lowest BCUT2D eigenvalue weighted by Crippen LogP contribution is -2.36. The van der Waals surface area contributed by atoms with Crippen molar-refractivity contribution in [3.05, 3.63) is 23.8 Å². The van der Waals surface area contributed by atoms with E-state index >= 15 is 0 Å². The first-order valence-electron chi connectivity index (χ1n) is 5.66. The number of hydrogen-bond acceptors (Lipinski definition) is 5. The molecule has 1 aromatic carbocycles. The maximum atomic E-state index is 11.9. The van der Waals surface area contributed by atoms with Crippen molar-refractivity contribution in [1.29, 1.82) is 0 Å². The van der Waals surface area contributed by atoms with Crippen molar-refractivity contribution in [3.8, 4) is 5.75 Å². The predicted octanol–water partition coefficient (Wildman–Crippen LogP) is 0.419. The minimum absolute atomic E-state index is 0.0829. The lowest BCUT2D eigenvalue weighted by molar-refractivity contribution is -0.110. The molecule has 1 amide bonds. The molecule has 4 N–H and O–H groups in total. The van der Waals surface area contributed by atoms with Gasteiger partial charge in [-0.2, -0.15) is 0 Å². The number of carboxylic acid groups (broad SMARTS) is 1. The SMILES string of the molecule is CC1CN=C(C(=O)Nc2ccc(O)cc2C(=O)O)N1. The van der Waals surface area contributed by atoms with Gasteiger partial charge in [-0.05, 0) is 25.1 Å². The highest BCUT2D eigenvalue weighted by Gasteiger charge is 2.21. The van der Waals surface area contributed by atoms with Crippen LogP contribution in [0.1, 0.15) is 17.3 Å². The smallest absolute Gasteiger partial charge is 0.337 e. The fraction of sp³-hybridized carbons (Fsp3) is 0.250. The maximum absolute atomic E-state index is 11.9. The molecule has 0 saturated heterocycles. The van der Waals surface area contributed by atoms with Crippen LogP contribution in [0.15, 0.2) is 23.2 Å². The Morgan fingerprint density at radius 2 is 2.21 bits per heavy atom. The van der Waals surface area contributed by atoms with Crippen LogP contribution in [0, 0.1) is 0 Å². The summed E-state index contributed by atoms with van der Waals surface area (Å²) >= 11 is 0. The number of aromatic carboxylic acids is 1. The Labute approximate surface area is 109 Å². The van der Waals surface area contributed by atoms with Gasteiger partial charge >= 0.3 is 5.97 Å². The van der Waals surface area contributed by atoms with Crippen LogP contribution in [0.2, 0.25) is 0 Å². The summed E-state index contributed by atoms with van der Waals surface area (Å²) in [6.45, 7) is 2.39. The van der Waals surface area contributed by atoms with Crippen LogP contribution in [0.4, 0.5) is 5.69 Å². The van der Waals surface area contributed by atoms with Crippen molar-refractivity contribution in [2.45, 2.75) is 13.0 Å². The predicted molar refractivity (Wildman–Crippen MR) is 68.6 cm³/mol. The van der Waals surface area contributed by atoms with Crippen LogP contribution in [0.25, 0.3) is 0 Å². The van der Waals surface area contributed by atoms with E-state index < -0.39 is 11.9 Å². The molecule has 1 aromatic rings. The highest BCUT2D eigenvalue weighted by Crippen LogP contribution is 2.21. The Kier molecular flexibility index (Phi) is 3.37. The standard InChI is InChI=1S/C12H13N3O4/c1-6-5-13-10(14-6)11(17)15-9-3-2-7(16)4-8(9)12(18)19/h2-4,6,16H,5H2,1H3,(H,13,14)(H,15,17)(H,18,19). The molecular formula is C12H13N3O4. The summed E-state index contributed by atoms with van der Waals surface area (Å²) in [5.41, 5.74) is -0.0700. The second-order valence-electron chi connectivity index (χ2n) is 4.22. The number of anilines is 1. The van der Waals surface area contributed by atoms with E-state index in [0.29, 0.717) is 6.54 Å². The Morgan fingerprint density at radius 1 is 1.47 bits per heavy atom. The third-order valence-electron chi connectivity index (χ3n) is 2.60. The highest BCUT2D eigenvalue weighted by molar-refractivity contribution is 6.42. The van der Waals surface area contributed by atoms with Crippen molar-refractivity contribution >= 4 is 23.4 Å². The van der Waals surface area contributed by atoms with E-state index in [1.54, 1.807) is 0 Å². The lowest BCUT2D eigenvalue weighted by atomic mass is 10.1. The Bertz CT molecular complexity index is 568. The van der Waals surface area contributed by atoms with Gasteiger partial charge in [0.25, 0.3) is 5.91 Å². The number of carbonyl (C=O) groups is 2. The quantitative estimate of drug-likeness (QED) is 0.590. The number of rotatable bonds is 3. The monoisotopic (exact) mass is 263 g/mol. The second kappa shape index (κ2) is 4.97. The molecule has 19 heavy (non-hydrogen) atoms. The van der Waals surface area contributed by atoms with E-state index in [0.717, 1.165) is 6.07 Å². The molecule has 1 atom stereocenters. The average molecular weight is 263 g/mol. The summed E-state index contributed by atoms with van der Waals surface area (Å²) < 4.78 is 0. The van der Waals surface area contributed by atoms with E-state index in [2.05, 4.69) is 15.6 Å². The first-order valence-corrected chi connectivity index (χ1v) is 5.66. The van der Waals surface area contributed by atoms with Crippen LogP contribution in [0.3, 0.4) is 0 Å². The summed E-state index contributed by atoms with van der Waals surface area (Å²) in [4.78, 5) is 26.9. The lowest BCUT2D eigenvalue weighted by Gasteiger charge is -2.10. The summed E-state index contributed by atoms with van der Waals surface area (Å²) in [5.74, 6) is -1.74. The second-order valence-corrected chi connectivity index (χ2v) is 4.22. The number of carboxylic acids is 1. The molecular weight excluding hydrogens is 250 g/mol. The van der Waals surface area contributed by atoms with E-state index in [1.165, 1.54) is 12.1 Å². The first-order chi connectivity index (χ1) is 8.97. The van der Waals surface area contributed by atoms with Crippen LogP contribution in [-0.4, -0.2) is 40.5 Å². The molecule has 7 heteroatoms. The summed E-state index contributed by atoms with van der Waals surface area (Å²) in [7, 11) is 0. The molecule has 0 fully saturated rings. The number of amides is 1. The fourth-order valence-corrected chi connectivity index (χ4v) is 1.69. The van der Waals surface area contributed by atoms with E-state index in [4.69, 9.17) is 5.11 Å². The summed E-state index contributed by atoms with van der Waals surface area (Å²) in [6.07, 6.45) is 0. The first kappa shape index (κ1) is 12.9. The van der Waals surface area contributed by atoms with Crippen molar-refractivity contribution in [3.63, 3.8) is 0 Å². The van der Waals surface area contributed by atoms with E-state index in [9.17, 15) is 14.7 Å². The van der Waals surface area contributed by atoms with Gasteiger partial charge < -0.3 is 20.8 Å². The minimum atomic E-state index is -1.24. The van der Waals surface area contributed by atoms with Crippen LogP contribution >= 0.6 is 0 Å². The topological polar surface area (TPSA) is 111 Å².